The van der Waals surface area contributed by atoms with Crippen molar-refractivity contribution >= 4 is 65.7 Å². The number of para-hydroxylation sites is 3. The van der Waals surface area contributed by atoms with E-state index in [9.17, 15) is 0 Å². The fourth-order valence-corrected chi connectivity index (χ4v) is 8.44. The second kappa shape index (κ2) is 12.3. The monoisotopic (exact) mass is 730 g/mol. The van der Waals surface area contributed by atoms with Crippen molar-refractivity contribution in [2.45, 2.75) is 0 Å². The maximum Gasteiger partial charge on any atom is 0.238 e. The maximum absolute atomic E-state index is 6.60. The van der Waals surface area contributed by atoms with E-state index >= 15 is 0 Å². The lowest BCUT2D eigenvalue weighted by molar-refractivity contribution is 0.669. The van der Waals surface area contributed by atoms with Crippen LogP contribution in [0.2, 0.25) is 0 Å². The first-order valence-corrected chi connectivity index (χ1v) is 19.0. The molecule has 0 unspecified atom stereocenters. The van der Waals surface area contributed by atoms with Gasteiger partial charge in [-0.25, -0.2) is 4.98 Å². The molecule has 0 spiro atoms. The Bertz CT molecular complexity index is 3510. The molecule has 12 aromatic rings. The third kappa shape index (κ3) is 4.94. The summed E-state index contributed by atoms with van der Waals surface area (Å²) < 4.78 is 15.3. The Hall–Kier alpha value is -7.83. The summed E-state index contributed by atoms with van der Waals surface area (Å²) in [6, 6.07) is 62.6. The first-order chi connectivity index (χ1) is 28.2. The molecule has 0 fully saturated rings. The quantitative estimate of drug-likeness (QED) is 0.176. The van der Waals surface area contributed by atoms with Crippen LogP contribution in [0.1, 0.15) is 0 Å². The predicted molar refractivity (Wildman–Crippen MR) is 230 cm³/mol. The molecular weight excluding hydrogens is 701 g/mol. The van der Waals surface area contributed by atoms with Crippen LogP contribution in [0.25, 0.3) is 117 Å². The molecule has 0 radical (unpaired) electrons. The van der Waals surface area contributed by atoms with Crippen LogP contribution in [0.15, 0.2) is 191 Å². The number of nitrogens with zero attached hydrogens (tertiary/aromatic N) is 4. The topological polar surface area (TPSA) is 69.9 Å². The summed E-state index contributed by atoms with van der Waals surface area (Å²) in [5.41, 5.74) is 11.3. The smallest absolute Gasteiger partial charge is 0.238 e. The molecule has 0 aliphatic carbocycles. The standard InChI is InChI=1S/C51H30N4O2/c1-3-13-31(14-4-1)32-23-25-34(26-24-32)49-52-50(35-29-40(33-15-5-2-6-16-33)46-39-19-9-12-22-44(39)56-45(46)30-35)54-51(53-49)55-41-20-10-7-18-38(41)47-42(55)28-27-37-36-17-8-11-21-43(36)57-48(37)47/h1-30H. The predicted octanol–water partition coefficient (Wildman–Crippen LogP) is 13.4. The van der Waals surface area contributed by atoms with E-state index in [-0.39, 0.29) is 0 Å². The maximum atomic E-state index is 6.60. The van der Waals surface area contributed by atoms with Crippen LogP contribution in [0, 0.1) is 0 Å². The van der Waals surface area contributed by atoms with Gasteiger partial charge in [0.05, 0.1) is 16.4 Å². The van der Waals surface area contributed by atoms with Gasteiger partial charge in [0.15, 0.2) is 11.6 Å². The molecule has 0 aliphatic rings. The van der Waals surface area contributed by atoms with E-state index in [1.165, 1.54) is 0 Å². The highest BCUT2D eigenvalue weighted by Crippen LogP contribution is 2.42. The highest BCUT2D eigenvalue weighted by molar-refractivity contribution is 6.23. The van der Waals surface area contributed by atoms with Gasteiger partial charge in [-0.2, -0.15) is 9.97 Å². The zero-order chi connectivity index (χ0) is 37.5. The number of fused-ring (bicyclic) bond motifs is 10. The van der Waals surface area contributed by atoms with Crippen LogP contribution < -0.4 is 0 Å². The molecule has 266 valence electrons. The lowest BCUT2D eigenvalue weighted by Gasteiger charge is -2.12. The average Bonchev–Trinajstić information content (AvgIpc) is 3.96. The number of hydrogen-bond donors (Lipinski definition) is 0. The van der Waals surface area contributed by atoms with E-state index in [1.807, 2.05) is 36.4 Å². The van der Waals surface area contributed by atoms with Crippen molar-refractivity contribution in [2.24, 2.45) is 0 Å². The van der Waals surface area contributed by atoms with Crippen LogP contribution in [-0.4, -0.2) is 19.5 Å². The van der Waals surface area contributed by atoms with Gasteiger partial charge < -0.3 is 8.83 Å². The van der Waals surface area contributed by atoms with Gasteiger partial charge in [-0.15, -0.1) is 0 Å². The van der Waals surface area contributed by atoms with Crippen LogP contribution in [0.5, 0.6) is 0 Å². The Morgan fingerprint density at radius 2 is 0.947 bits per heavy atom. The molecule has 0 saturated heterocycles. The van der Waals surface area contributed by atoms with Gasteiger partial charge in [-0.05, 0) is 64.7 Å². The van der Waals surface area contributed by atoms with E-state index in [4.69, 9.17) is 23.8 Å². The molecule has 8 aromatic carbocycles. The van der Waals surface area contributed by atoms with Gasteiger partial charge >= 0.3 is 0 Å². The SMILES string of the molecule is c1ccc(-c2ccc(-c3nc(-c4cc(-c5ccccc5)c5c(c4)oc4ccccc45)nc(-n4c5ccccc5c5c6oc7ccccc7c6ccc54)n3)cc2)cc1. The van der Waals surface area contributed by atoms with Crippen molar-refractivity contribution in [1.82, 2.24) is 19.5 Å². The van der Waals surface area contributed by atoms with Crippen LogP contribution in [-0.2, 0) is 0 Å². The third-order valence-electron chi connectivity index (χ3n) is 11.1. The normalized spacial score (nSPS) is 11.9. The first-order valence-electron chi connectivity index (χ1n) is 19.0. The minimum absolute atomic E-state index is 0.509. The first kappa shape index (κ1) is 31.5. The van der Waals surface area contributed by atoms with Gasteiger partial charge in [-0.3, -0.25) is 4.57 Å². The molecule has 6 nitrogen and oxygen atoms in total. The number of hydrogen-bond acceptors (Lipinski definition) is 5. The molecule has 0 bridgehead atoms. The fourth-order valence-electron chi connectivity index (χ4n) is 8.44. The molecule has 4 aromatic heterocycles. The number of rotatable bonds is 5. The van der Waals surface area contributed by atoms with Crippen molar-refractivity contribution in [1.29, 1.82) is 0 Å². The van der Waals surface area contributed by atoms with Crippen molar-refractivity contribution < 1.29 is 8.83 Å². The van der Waals surface area contributed by atoms with Gasteiger partial charge in [0, 0.05) is 38.1 Å². The molecule has 0 saturated carbocycles. The van der Waals surface area contributed by atoms with Crippen LogP contribution in [0.4, 0.5) is 0 Å². The molecule has 0 amide bonds. The summed E-state index contributed by atoms with van der Waals surface area (Å²) >= 11 is 0. The number of furan rings is 2. The van der Waals surface area contributed by atoms with Gasteiger partial charge in [0.2, 0.25) is 5.95 Å². The van der Waals surface area contributed by atoms with Crippen LogP contribution in [0.3, 0.4) is 0 Å². The van der Waals surface area contributed by atoms with E-state index in [0.717, 1.165) is 99.1 Å². The molecule has 6 heteroatoms. The van der Waals surface area contributed by atoms with Crippen molar-refractivity contribution in [2.75, 3.05) is 0 Å². The zero-order valence-electron chi connectivity index (χ0n) is 30.4. The summed E-state index contributed by atoms with van der Waals surface area (Å²) in [5.74, 6) is 1.61. The Morgan fingerprint density at radius 1 is 0.351 bits per heavy atom. The Labute approximate surface area is 325 Å². The Morgan fingerprint density at radius 3 is 1.72 bits per heavy atom. The second-order valence-electron chi connectivity index (χ2n) is 14.4. The molecule has 0 aliphatic heterocycles. The third-order valence-corrected chi connectivity index (χ3v) is 11.1. The van der Waals surface area contributed by atoms with Crippen molar-refractivity contribution in [3.8, 4) is 51.0 Å². The highest BCUT2D eigenvalue weighted by atomic mass is 16.3. The summed E-state index contributed by atoms with van der Waals surface area (Å²) in [5, 5.41) is 6.36. The summed E-state index contributed by atoms with van der Waals surface area (Å²) in [7, 11) is 0. The molecule has 0 atom stereocenters. The lowest BCUT2D eigenvalue weighted by Crippen LogP contribution is -2.06. The summed E-state index contributed by atoms with van der Waals surface area (Å²) in [6.07, 6.45) is 0. The fraction of sp³-hybridized carbons (Fsp3) is 0. The molecular formula is C51H30N4O2. The van der Waals surface area contributed by atoms with Gasteiger partial charge in [0.1, 0.15) is 22.3 Å². The Kier molecular flexibility index (Phi) is 6.83. The van der Waals surface area contributed by atoms with E-state index in [2.05, 4.69) is 150 Å². The number of aromatic nitrogens is 4. The van der Waals surface area contributed by atoms with Crippen molar-refractivity contribution in [3.63, 3.8) is 0 Å². The van der Waals surface area contributed by atoms with Gasteiger partial charge in [-0.1, -0.05) is 140 Å². The van der Waals surface area contributed by atoms with E-state index in [0.29, 0.717) is 17.6 Å². The van der Waals surface area contributed by atoms with E-state index in [1.54, 1.807) is 0 Å². The largest absolute Gasteiger partial charge is 0.456 e. The lowest BCUT2D eigenvalue weighted by atomic mass is 9.97. The zero-order valence-corrected chi connectivity index (χ0v) is 30.4. The van der Waals surface area contributed by atoms with Gasteiger partial charge in [0.25, 0.3) is 0 Å². The van der Waals surface area contributed by atoms with Crippen LogP contribution >= 0.6 is 0 Å². The summed E-state index contributed by atoms with van der Waals surface area (Å²) in [6.45, 7) is 0. The number of benzene rings is 8. The molecule has 57 heavy (non-hydrogen) atoms. The van der Waals surface area contributed by atoms with Crippen molar-refractivity contribution in [3.05, 3.63) is 182 Å². The van der Waals surface area contributed by atoms with E-state index < -0.39 is 0 Å². The Balaban J connectivity index is 1.14. The molecule has 0 N–H and O–H groups in total. The molecule has 4 heterocycles. The minimum atomic E-state index is 0.509. The average molecular weight is 731 g/mol. The summed E-state index contributed by atoms with van der Waals surface area (Å²) in [4.78, 5) is 15.8. The second-order valence-corrected chi connectivity index (χ2v) is 14.4. The minimum Gasteiger partial charge on any atom is -0.456 e. The molecule has 12 rings (SSSR count). The highest BCUT2D eigenvalue weighted by Gasteiger charge is 2.23.